The van der Waals surface area contributed by atoms with Crippen LogP contribution in [0.4, 0.5) is 0 Å². The Morgan fingerprint density at radius 1 is 0.957 bits per heavy atom. The molecule has 2 unspecified atom stereocenters. The second-order valence-corrected chi connectivity index (χ2v) is 7.79. The molecule has 2 saturated heterocycles. The molecule has 1 saturated carbocycles. The summed E-state index contributed by atoms with van der Waals surface area (Å²) in [5, 5.41) is 3.63. The number of hydrogen-bond acceptors (Lipinski definition) is 2. The lowest BCUT2D eigenvalue weighted by molar-refractivity contribution is 0.281. The number of guanidine groups is 1. The van der Waals surface area contributed by atoms with Gasteiger partial charge in [-0.25, -0.2) is 0 Å². The molecular weight excluding hydrogens is 284 g/mol. The largest absolute Gasteiger partial charge is 0.356 e. The van der Waals surface area contributed by atoms with Crippen molar-refractivity contribution in [2.45, 2.75) is 57.8 Å². The van der Waals surface area contributed by atoms with Crippen molar-refractivity contribution in [3.05, 3.63) is 0 Å². The van der Waals surface area contributed by atoms with Gasteiger partial charge < -0.3 is 15.1 Å². The summed E-state index contributed by atoms with van der Waals surface area (Å²) in [6.07, 6.45) is 12.6. The first kappa shape index (κ1) is 17.1. The fourth-order valence-corrected chi connectivity index (χ4v) is 4.77. The van der Waals surface area contributed by atoms with Gasteiger partial charge in [-0.3, -0.25) is 4.99 Å². The maximum Gasteiger partial charge on any atom is 0.193 e. The zero-order chi connectivity index (χ0) is 15.9. The third-order valence-electron chi connectivity index (χ3n) is 6.12. The third-order valence-corrected chi connectivity index (χ3v) is 6.12. The van der Waals surface area contributed by atoms with Gasteiger partial charge in [-0.2, -0.15) is 0 Å². The lowest BCUT2D eigenvalue weighted by Crippen LogP contribution is -2.41. The molecule has 0 aromatic rings. The Hall–Kier alpha value is -0.770. The van der Waals surface area contributed by atoms with Crippen LogP contribution >= 0.6 is 0 Å². The number of nitrogens with zero attached hydrogens (tertiary/aromatic N) is 3. The summed E-state index contributed by atoms with van der Waals surface area (Å²) in [6.45, 7) is 7.39. The molecule has 1 N–H and O–H groups in total. The van der Waals surface area contributed by atoms with Crippen LogP contribution < -0.4 is 5.32 Å². The summed E-state index contributed by atoms with van der Waals surface area (Å²) < 4.78 is 0. The SMILES string of the molecule is CN=C(NCCCN1CCCCCC1)N1CC2CCCCC2C1. The van der Waals surface area contributed by atoms with Crippen LogP contribution in [0.2, 0.25) is 0 Å². The van der Waals surface area contributed by atoms with E-state index >= 15 is 0 Å². The van der Waals surface area contributed by atoms with Crippen molar-refractivity contribution in [2.75, 3.05) is 46.3 Å². The van der Waals surface area contributed by atoms with Gasteiger partial charge in [-0.1, -0.05) is 25.7 Å². The maximum absolute atomic E-state index is 4.55. The molecule has 0 bridgehead atoms. The summed E-state index contributed by atoms with van der Waals surface area (Å²) in [5.41, 5.74) is 0. The second-order valence-electron chi connectivity index (χ2n) is 7.79. The quantitative estimate of drug-likeness (QED) is 0.491. The number of nitrogens with one attached hydrogen (secondary N) is 1. The molecule has 0 aromatic carbocycles. The van der Waals surface area contributed by atoms with Crippen molar-refractivity contribution < 1.29 is 0 Å². The van der Waals surface area contributed by atoms with E-state index in [4.69, 9.17) is 0 Å². The van der Waals surface area contributed by atoms with Crippen molar-refractivity contribution in [1.29, 1.82) is 0 Å². The van der Waals surface area contributed by atoms with E-state index in [1.54, 1.807) is 0 Å². The Bertz CT molecular complexity index is 360. The number of hydrogen-bond donors (Lipinski definition) is 1. The van der Waals surface area contributed by atoms with Crippen LogP contribution in [0, 0.1) is 11.8 Å². The minimum absolute atomic E-state index is 0.930. The van der Waals surface area contributed by atoms with E-state index < -0.39 is 0 Å². The van der Waals surface area contributed by atoms with E-state index in [0.717, 1.165) is 24.3 Å². The molecule has 1 aliphatic carbocycles. The van der Waals surface area contributed by atoms with Crippen molar-refractivity contribution in [2.24, 2.45) is 16.8 Å². The molecule has 0 radical (unpaired) electrons. The minimum Gasteiger partial charge on any atom is -0.356 e. The van der Waals surface area contributed by atoms with Crippen molar-refractivity contribution >= 4 is 5.96 Å². The van der Waals surface area contributed by atoms with Gasteiger partial charge in [0.15, 0.2) is 5.96 Å². The Kier molecular flexibility index (Phi) is 6.61. The van der Waals surface area contributed by atoms with Gasteiger partial charge >= 0.3 is 0 Å². The number of aliphatic imine (C=N–C) groups is 1. The highest BCUT2D eigenvalue weighted by Gasteiger charge is 2.35. The third kappa shape index (κ3) is 4.85. The van der Waals surface area contributed by atoms with E-state index in [9.17, 15) is 0 Å². The fraction of sp³-hybridized carbons (Fsp3) is 0.947. The minimum atomic E-state index is 0.930. The van der Waals surface area contributed by atoms with Crippen LogP contribution in [0.3, 0.4) is 0 Å². The summed E-state index contributed by atoms with van der Waals surface area (Å²) in [7, 11) is 1.94. The molecule has 132 valence electrons. The summed E-state index contributed by atoms with van der Waals surface area (Å²) in [5.74, 6) is 3.01. The van der Waals surface area contributed by atoms with Crippen LogP contribution in [-0.2, 0) is 0 Å². The number of fused-ring (bicyclic) bond motifs is 1. The molecule has 2 heterocycles. The lowest BCUT2D eigenvalue weighted by Gasteiger charge is -2.23. The van der Waals surface area contributed by atoms with Gasteiger partial charge in [0, 0.05) is 26.7 Å². The lowest BCUT2D eigenvalue weighted by atomic mass is 9.82. The molecule has 3 fully saturated rings. The molecule has 23 heavy (non-hydrogen) atoms. The first-order chi connectivity index (χ1) is 11.4. The van der Waals surface area contributed by atoms with Crippen LogP contribution in [0.25, 0.3) is 0 Å². The number of rotatable bonds is 4. The predicted octanol–water partition coefficient (Wildman–Crippen LogP) is 2.95. The first-order valence-electron chi connectivity index (χ1n) is 10.0. The highest BCUT2D eigenvalue weighted by atomic mass is 15.3. The summed E-state index contributed by atoms with van der Waals surface area (Å²) in [4.78, 5) is 9.72. The van der Waals surface area contributed by atoms with Crippen molar-refractivity contribution in [1.82, 2.24) is 15.1 Å². The molecule has 0 spiro atoms. The van der Waals surface area contributed by atoms with Crippen molar-refractivity contribution in [3.63, 3.8) is 0 Å². The molecule has 0 amide bonds. The molecule has 3 rings (SSSR count). The van der Waals surface area contributed by atoms with Crippen molar-refractivity contribution in [3.8, 4) is 0 Å². The second kappa shape index (κ2) is 8.91. The first-order valence-corrected chi connectivity index (χ1v) is 10.0. The normalized spacial score (nSPS) is 30.1. The highest BCUT2D eigenvalue weighted by Crippen LogP contribution is 2.35. The van der Waals surface area contributed by atoms with Crippen LogP contribution in [0.1, 0.15) is 57.8 Å². The average molecular weight is 321 g/mol. The Morgan fingerprint density at radius 2 is 1.61 bits per heavy atom. The highest BCUT2D eigenvalue weighted by molar-refractivity contribution is 5.80. The standard InChI is InChI=1S/C19H36N4/c1-20-19(23-15-17-9-4-5-10-18(17)16-23)21-11-8-14-22-12-6-2-3-7-13-22/h17-18H,2-16H2,1H3,(H,20,21). The zero-order valence-electron chi connectivity index (χ0n) is 15.1. The molecule has 2 atom stereocenters. The van der Waals surface area contributed by atoms with Crippen LogP contribution in [0.5, 0.6) is 0 Å². The van der Waals surface area contributed by atoms with Gasteiger partial charge in [0.05, 0.1) is 0 Å². The van der Waals surface area contributed by atoms with Gasteiger partial charge in [0.25, 0.3) is 0 Å². The zero-order valence-corrected chi connectivity index (χ0v) is 15.1. The predicted molar refractivity (Wildman–Crippen MR) is 97.9 cm³/mol. The van der Waals surface area contributed by atoms with Gasteiger partial charge in [0.2, 0.25) is 0 Å². The fourth-order valence-electron chi connectivity index (χ4n) is 4.77. The monoisotopic (exact) mass is 320 g/mol. The summed E-state index contributed by atoms with van der Waals surface area (Å²) in [6, 6.07) is 0. The number of likely N-dealkylation sites (tertiary alicyclic amines) is 2. The Morgan fingerprint density at radius 3 is 2.22 bits per heavy atom. The van der Waals surface area contributed by atoms with E-state index in [0.29, 0.717) is 0 Å². The van der Waals surface area contributed by atoms with Crippen LogP contribution in [-0.4, -0.2) is 62.1 Å². The molecule has 4 heteroatoms. The molecule has 0 aromatic heterocycles. The molecule has 4 nitrogen and oxygen atoms in total. The Labute approximate surface area is 142 Å². The molecular formula is C19H36N4. The van der Waals surface area contributed by atoms with Gasteiger partial charge in [-0.15, -0.1) is 0 Å². The Balaban J connectivity index is 1.36. The van der Waals surface area contributed by atoms with Gasteiger partial charge in [-0.05, 0) is 63.6 Å². The van der Waals surface area contributed by atoms with E-state index in [1.165, 1.54) is 90.5 Å². The maximum atomic E-state index is 4.55. The van der Waals surface area contributed by atoms with Gasteiger partial charge in [0.1, 0.15) is 0 Å². The molecule has 2 aliphatic heterocycles. The van der Waals surface area contributed by atoms with Crippen LogP contribution in [0.15, 0.2) is 4.99 Å². The summed E-state index contributed by atoms with van der Waals surface area (Å²) >= 11 is 0. The topological polar surface area (TPSA) is 30.9 Å². The van der Waals surface area contributed by atoms with E-state index in [2.05, 4.69) is 20.1 Å². The molecule has 3 aliphatic rings. The van der Waals surface area contributed by atoms with E-state index in [1.807, 2.05) is 7.05 Å². The van der Waals surface area contributed by atoms with E-state index in [-0.39, 0.29) is 0 Å². The average Bonchev–Trinajstić information content (AvgIpc) is 2.83. The smallest absolute Gasteiger partial charge is 0.193 e.